The van der Waals surface area contributed by atoms with Crippen LogP contribution in [0.25, 0.3) is 0 Å². The fourth-order valence-corrected chi connectivity index (χ4v) is 3.37. The number of alkyl halides is 1. The van der Waals surface area contributed by atoms with Crippen LogP contribution in [0.1, 0.15) is 44.9 Å². The molecule has 3 heteroatoms. The predicted octanol–water partition coefficient (Wildman–Crippen LogP) is 3.53. The molecule has 0 radical (unpaired) electrons. The van der Waals surface area contributed by atoms with E-state index in [-0.39, 0.29) is 0 Å². The fourth-order valence-electron chi connectivity index (χ4n) is 2.65. The molecule has 0 aromatic rings. The minimum absolute atomic E-state index is 0.343. The van der Waals surface area contributed by atoms with Crippen molar-refractivity contribution < 1.29 is 9.47 Å². The Labute approximate surface area is 107 Å². The Kier molecular flexibility index (Phi) is 5.11. The van der Waals surface area contributed by atoms with Gasteiger partial charge in [0.2, 0.25) is 0 Å². The molecule has 0 aromatic carbocycles. The summed E-state index contributed by atoms with van der Waals surface area (Å²) in [5.74, 6) is 0. The lowest BCUT2D eigenvalue weighted by atomic mass is 9.83. The van der Waals surface area contributed by atoms with Crippen molar-refractivity contribution >= 4 is 15.9 Å². The van der Waals surface area contributed by atoms with Crippen LogP contribution < -0.4 is 0 Å². The van der Waals surface area contributed by atoms with Crippen molar-refractivity contribution in [1.29, 1.82) is 0 Å². The average molecular weight is 291 g/mol. The summed E-state index contributed by atoms with van der Waals surface area (Å²) in [6.07, 6.45) is 9.48. The lowest BCUT2D eigenvalue weighted by molar-refractivity contribution is -0.0601. The predicted molar refractivity (Wildman–Crippen MR) is 69.1 cm³/mol. The fraction of sp³-hybridized carbons (Fsp3) is 1.00. The van der Waals surface area contributed by atoms with Crippen molar-refractivity contribution in [2.45, 2.75) is 51.0 Å². The van der Waals surface area contributed by atoms with E-state index in [0.717, 1.165) is 38.0 Å². The summed E-state index contributed by atoms with van der Waals surface area (Å²) >= 11 is 3.66. The van der Waals surface area contributed by atoms with Gasteiger partial charge in [-0.15, -0.1) is 0 Å². The molecule has 2 fully saturated rings. The molecule has 0 spiro atoms. The summed E-state index contributed by atoms with van der Waals surface area (Å²) in [6, 6.07) is 0. The SMILES string of the molecule is BrCC1(COC2CCCCC2)CCOCC1. The average Bonchev–Trinajstić information content (AvgIpc) is 2.39. The highest BCUT2D eigenvalue weighted by Crippen LogP contribution is 2.34. The van der Waals surface area contributed by atoms with Gasteiger partial charge in [0.25, 0.3) is 0 Å². The number of halogens is 1. The lowest BCUT2D eigenvalue weighted by Crippen LogP contribution is -2.37. The third-order valence-corrected chi connectivity index (χ3v) is 5.20. The Morgan fingerprint density at radius 1 is 1.12 bits per heavy atom. The zero-order valence-corrected chi connectivity index (χ0v) is 11.6. The first-order valence-corrected chi connectivity index (χ1v) is 7.72. The van der Waals surface area contributed by atoms with Crippen molar-refractivity contribution in [2.75, 3.05) is 25.2 Å². The van der Waals surface area contributed by atoms with Crippen molar-refractivity contribution in [1.82, 2.24) is 0 Å². The van der Waals surface area contributed by atoms with Crippen LogP contribution in [0.3, 0.4) is 0 Å². The van der Waals surface area contributed by atoms with Gasteiger partial charge in [-0.1, -0.05) is 35.2 Å². The molecule has 0 atom stereocenters. The number of hydrogen-bond acceptors (Lipinski definition) is 2. The second kappa shape index (κ2) is 6.36. The Hall–Kier alpha value is 0.400. The van der Waals surface area contributed by atoms with Crippen LogP contribution in [-0.2, 0) is 9.47 Å². The molecule has 1 saturated heterocycles. The summed E-state index contributed by atoms with van der Waals surface area (Å²) in [7, 11) is 0. The first-order valence-electron chi connectivity index (χ1n) is 6.60. The van der Waals surface area contributed by atoms with Gasteiger partial charge in [0.1, 0.15) is 0 Å². The van der Waals surface area contributed by atoms with Gasteiger partial charge in [-0.25, -0.2) is 0 Å². The molecular formula is C13H23BrO2. The minimum atomic E-state index is 0.343. The van der Waals surface area contributed by atoms with Crippen LogP contribution >= 0.6 is 15.9 Å². The number of hydrogen-bond donors (Lipinski definition) is 0. The maximum absolute atomic E-state index is 6.13. The van der Waals surface area contributed by atoms with Crippen LogP contribution in [0.5, 0.6) is 0 Å². The molecule has 1 aliphatic heterocycles. The summed E-state index contributed by atoms with van der Waals surface area (Å²) in [6.45, 7) is 2.73. The van der Waals surface area contributed by atoms with Gasteiger partial charge >= 0.3 is 0 Å². The van der Waals surface area contributed by atoms with Crippen LogP contribution in [-0.4, -0.2) is 31.3 Å². The van der Waals surface area contributed by atoms with Gasteiger partial charge in [-0.05, 0) is 25.7 Å². The third-order valence-electron chi connectivity index (χ3n) is 4.01. The van der Waals surface area contributed by atoms with E-state index in [1.807, 2.05) is 0 Å². The molecule has 2 aliphatic rings. The first-order chi connectivity index (χ1) is 7.85. The molecule has 0 N–H and O–H groups in total. The number of ether oxygens (including phenoxy) is 2. The van der Waals surface area contributed by atoms with Gasteiger partial charge in [0.05, 0.1) is 12.7 Å². The second-order valence-electron chi connectivity index (χ2n) is 5.32. The molecule has 2 nitrogen and oxygen atoms in total. The summed E-state index contributed by atoms with van der Waals surface area (Å²) < 4.78 is 11.6. The van der Waals surface area contributed by atoms with E-state index in [2.05, 4.69) is 15.9 Å². The van der Waals surface area contributed by atoms with Gasteiger partial charge in [-0.2, -0.15) is 0 Å². The Morgan fingerprint density at radius 2 is 1.81 bits per heavy atom. The zero-order valence-electron chi connectivity index (χ0n) is 10.0. The van der Waals surface area contributed by atoms with E-state index < -0.39 is 0 Å². The van der Waals surface area contributed by atoms with E-state index in [4.69, 9.17) is 9.47 Å². The highest BCUT2D eigenvalue weighted by Gasteiger charge is 2.32. The largest absolute Gasteiger partial charge is 0.381 e. The molecule has 94 valence electrons. The highest BCUT2D eigenvalue weighted by atomic mass is 79.9. The van der Waals surface area contributed by atoms with Crippen molar-refractivity contribution in [3.05, 3.63) is 0 Å². The Balaban J connectivity index is 1.77. The maximum atomic E-state index is 6.13. The monoisotopic (exact) mass is 290 g/mol. The van der Waals surface area contributed by atoms with Crippen LogP contribution in [0, 0.1) is 5.41 Å². The van der Waals surface area contributed by atoms with Crippen molar-refractivity contribution in [3.63, 3.8) is 0 Å². The minimum Gasteiger partial charge on any atom is -0.381 e. The van der Waals surface area contributed by atoms with Crippen molar-refractivity contribution in [2.24, 2.45) is 5.41 Å². The molecule has 1 heterocycles. The molecule has 0 aromatic heterocycles. The molecule has 1 saturated carbocycles. The van der Waals surface area contributed by atoms with Crippen LogP contribution in [0.4, 0.5) is 0 Å². The van der Waals surface area contributed by atoms with Gasteiger partial charge in [-0.3, -0.25) is 0 Å². The Morgan fingerprint density at radius 3 is 2.44 bits per heavy atom. The van der Waals surface area contributed by atoms with Crippen LogP contribution in [0.2, 0.25) is 0 Å². The normalized spacial score (nSPS) is 26.8. The molecule has 0 amide bonds. The first kappa shape index (κ1) is 12.8. The topological polar surface area (TPSA) is 18.5 Å². The van der Waals surface area contributed by atoms with Gasteiger partial charge in [0, 0.05) is 24.0 Å². The molecule has 16 heavy (non-hydrogen) atoms. The van der Waals surface area contributed by atoms with E-state index in [1.54, 1.807) is 0 Å². The summed E-state index contributed by atoms with van der Waals surface area (Å²) in [5.41, 5.74) is 0.343. The van der Waals surface area contributed by atoms with Gasteiger partial charge < -0.3 is 9.47 Å². The van der Waals surface area contributed by atoms with E-state index in [0.29, 0.717) is 11.5 Å². The highest BCUT2D eigenvalue weighted by molar-refractivity contribution is 9.09. The smallest absolute Gasteiger partial charge is 0.0575 e. The summed E-state index contributed by atoms with van der Waals surface area (Å²) in [5, 5.41) is 1.05. The van der Waals surface area contributed by atoms with E-state index >= 15 is 0 Å². The second-order valence-corrected chi connectivity index (χ2v) is 5.88. The summed E-state index contributed by atoms with van der Waals surface area (Å²) in [4.78, 5) is 0. The lowest BCUT2D eigenvalue weighted by Gasteiger charge is -2.37. The maximum Gasteiger partial charge on any atom is 0.0575 e. The quantitative estimate of drug-likeness (QED) is 0.738. The Bertz CT molecular complexity index is 196. The third kappa shape index (κ3) is 3.44. The number of rotatable bonds is 4. The van der Waals surface area contributed by atoms with Crippen LogP contribution in [0.15, 0.2) is 0 Å². The standard InChI is InChI=1S/C13H23BrO2/c14-10-13(6-8-15-9-7-13)11-16-12-4-2-1-3-5-12/h12H,1-11H2. The molecular weight excluding hydrogens is 268 g/mol. The van der Waals surface area contributed by atoms with E-state index in [1.165, 1.54) is 32.1 Å². The van der Waals surface area contributed by atoms with Crippen molar-refractivity contribution in [3.8, 4) is 0 Å². The zero-order chi connectivity index (χ0) is 11.3. The van der Waals surface area contributed by atoms with Gasteiger partial charge in [0.15, 0.2) is 0 Å². The molecule has 0 bridgehead atoms. The molecule has 1 aliphatic carbocycles. The van der Waals surface area contributed by atoms with E-state index in [9.17, 15) is 0 Å². The molecule has 2 rings (SSSR count). The molecule has 0 unspecified atom stereocenters.